The molecule has 6 nitrogen and oxygen atoms in total. The molecule has 0 unspecified atom stereocenters. The molecule has 4 heterocycles. The predicted molar refractivity (Wildman–Crippen MR) is 112 cm³/mol. The molecule has 2 aromatic rings. The van der Waals surface area contributed by atoms with Crippen LogP contribution in [0.2, 0.25) is 0 Å². The summed E-state index contributed by atoms with van der Waals surface area (Å²) in [7, 11) is 0. The maximum Gasteiger partial charge on any atom is 0.265 e. The molecule has 0 aliphatic carbocycles. The van der Waals surface area contributed by atoms with Crippen molar-refractivity contribution in [2.45, 2.75) is 45.2 Å². The molecular weight excluding hydrogens is 408 g/mol. The van der Waals surface area contributed by atoms with Crippen LogP contribution in [-0.2, 0) is 6.54 Å². The Labute approximate surface area is 179 Å². The van der Waals surface area contributed by atoms with Crippen LogP contribution in [0, 0.1) is 17.6 Å². The number of hydrogen-bond acceptors (Lipinski definition) is 6. The molecule has 0 spiro atoms. The largest absolute Gasteiger partial charge is 0.356 e. The monoisotopic (exact) mass is 435 g/mol. The van der Waals surface area contributed by atoms with Crippen LogP contribution in [0.5, 0.6) is 0 Å². The van der Waals surface area contributed by atoms with Gasteiger partial charge in [0.15, 0.2) is 5.13 Å². The quantitative estimate of drug-likeness (QED) is 0.775. The summed E-state index contributed by atoms with van der Waals surface area (Å²) < 4.78 is 26.6. The zero-order valence-corrected chi connectivity index (χ0v) is 17.9. The van der Waals surface area contributed by atoms with E-state index < -0.39 is 11.6 Å². The zero-order chi connectivity index (χ0) is 21.1. The molecule has 2 aliphatic rings. The van der Waals surface area contributed by atoms with Gasteiger partial charge in [0.05, 0.1) is 24.6 Å². The number of piperidine rings is 2. The van der Waals surface area contributed by atoms with Crippen molar-refractivity contribution in [2.24, 2.45) is 5.92 Å². The van der Waals surface area contributed by atoms with E-state index in [9.17, 15) is 13.6 Å². The van der Waals surface area contributed by atoms with Crippen molar-refractivity contribution in [3.63, 3.8) is 0 Å². The number of halogens is 2. The number of pyridine rings is 1. The van der Waals surface area contributed by atoms with Gasteiger partial charge in [0.25, 0.3) is 5.91 Å². The van der Waals surface area contributed by atoms with Gasteiger partial charge >= 0.3 is 0 Å². The Hall–Kier alpha value is -2.13. The smallest absolute Gasteiger partial charge is 0.265 e. The molecule has 4 rings (SSSR count). The van der Waals surface area contributed by atoms with E-state index in [-0.39, 0.29) is 18.1 Å². The van der Waals surface area contributed by atoms with E-state index in [0.29, 0.717) is 16.1 Å². The minimum Gasteiger partial charge on any atom is -0.356 e. The summed E-state index contributed by atoms with van der Waals surface area (Å²) in [5.41, 5.74) is 0.105. The normalized spacial score (nSPS) is 21.0. The van der Waals surface area contributed by atoms with Crippen molar-refractivity contribution in [3.8, 4) is 0 Å². The van der Waals surface area contributed by atoms with Crippen molar-refractivity contribution < 1.29 is 13.6 Å². The van der Waals surface area contributed by atoms with Gasteiger partial charge in [-0.05, 0) is 38.1 Å². The first-order valence-corrected chi connectivity index (χ1v) is 11.3. The number of nitrogens with zero attached hydrogens (tertiary/aromatic N) is 4. The number of hydrogen-bond donors (Lipinski definition) is 1. The Kier molecular flexibility index (Phi) is 6.58. The van der Waals surface area contributed by atoms with Gasteiger partial charge in [0, 0.05) is 31.7 Å². The third kappa shape index (κ3) is 4.95. The van der Waals surface area contributed by atoms with Crippen LogP contribution >= 0.6 is 11.3 Å². The Balaban J connectivity index is 1.29. The maximum atomic E-state index is 13.7. The second-order valence-corrected chi connectivity index (χ2v) is 9.26. The lowest BCUT2D eigenvalue weighted by Crippen LogP contribution is -2.49. The summed E-state index contributed by atoms with van der Waals surface area (Å²) in [6.07, 6.45) is 7.15. The molecule has 1 amide bonds. The lowest BCUT2D eigenvalue weighted by molar-refractivity contribution is 0.0545. The summed E-state index contributed by atoms with van der Waals surface area (Å²) >= 11 is 1.24. The predicted octanol–water partition coefficient (Wildman–Crippen LogP) is 3.76. The third-order valence-corrected chi connectivity index (χ3v) is 6.91. The van der Waals surface area contributed by atoms with Crippen LogP contribution in [0.3, 0.4) is 0 Å². The van der Waals surface area contributed by atoms with Crippen LogP contribution in [0.25, 0.3) is 0 Å². The standard InChI is InChI=1S/C21H27F2N5OS/c1-14-3-2-6-28(13-14)16-4-7-27(8-5-16)20(29)19-12-26-21(30-19)25-11-18-17(23)9-15(22)10-24-18/h9-10,12,14,16H,2-8,11,13H2,1H3,(H,25,26)/t14-/m1/s1. The van der Waals surface area contributed by atoms with Gasteiger partial charge in [-0.1, -0.05) is 18.3 Å². The summed E-state index contributed by atoms with van der Waals surface area (Å²) in [6, 6.07) is 1.38. The van der Waals surface area contributed by atoms with Crippen LogP contribution in [-0.4, -0.2) is 57.9 Å². The number of anilines is 1. The molecule has 1 N–H and O–H groups in total. The van der Waals surface area contributed by atoms with Crippen molar-refractivity contribution in [1.82, 2.24) is 19.8 Å². The van der Waals surface area contributed by atoms with Gasteiger partial charge in [-0.3, -0.25) is 14.7 Å². The van der Waals surface area contributed by atoms with E-state index in [2.05, 4.69) is 27.1 Å². The van der Waals surface area contributed by atoms with Gasteiger partial charge in [0.1, 0.15) is 16.5 Å². The second-order valence-electron chi connectivity index (χ2n) is 8.23. The zero-order valence-electron chi connectivity index (χ0n) is 17.1. The number of amides is 1. The molecule has 30 heavy (non-hydrogen) atoms. The molecule has 1 atom stereocenters. The molecule has 0 saturated carbocycles. The Morgan fingerprint density at radius 1 is 1.20 bits per heavy atom. The molecule has 2 fully saturated rings. The molecule has 9 heteroatoms. The average molecular weight is 436 g/mol. The number of likely N-dealkylation sites (tertiary alicyclic amines) is 2. The second kappa shape index (κ2) is 9.34. The summed E-state index contributed by atoms with van der Waals surface area (Å²) in [6.45, 7) is 6.27. The van der Waals surface area contributed by atoms with E-state index in [0.717, 1.165) is 44.1 Å². The SMILES string of the molecule is C[C@@H]1CCCN(C2CCN(C(=O)c3cnc(NCc4ncc(F)cc4F)s3)CC2)C1. The molecular formula is C21H27F2N5OS. The van der Waals surface area contributed by atoms with Gasteiger partial charge in [-0.15, -0.1) is 0 Å². The maximum absolute atomic E-state index is 13.7. The topological polar surface area (TPSA) is 61.4 Å². The molecule has 2 aliphatic heterocycles. The minimum atomic E-state index is -0.711. The number of carbonyl (C=O) groups excluding carboxylic acids is 1. The van der Waals surface area contributed by atoms with Crippen molar-refractivity contribution in [2.75, 3.05) is 31.5 Å². The van der Waals surface area contributed by atoms with Gasteiger partial charge in [0.2, 0.25) is 0 Å². The number of rotatable bonds is 5. The minimum absolute atomic E-state index is 0.00269. The summed E-state index contributed by atoms with van der Waals surface area (Å²) in [5.74, 6) is -0.657. The van der Waals surface area contributed by atoms with Crippen molar-refractivity contribution in [1.29, 1.82) is 0 Å². The lowest BCUT2D eigenvalue weighted by Gasteiger charge is -2.41. The van der Waals surface area contributed by atoms with E-state index in [1.165, 1.54) is 37.3 Å². The molecule has 2 aromatic heterocycles. The van der Waals surface area contributed by atoms with Gasteiger partial charge < -0.3 is 10.2 Å². The number of aromatic nitrogens is 2. The third-order valence-electron chi connectivity index (χ3n) is 5.96. The van der Waals surface area contributed by atoms with E-state index in [1.807, 2.05) is 4.90 Å². The number of carbonyl (C=O) groups is 1. The van der Waals surface area contributed by atoms with E-state index >= 15 is 0 Å². The Morgan fingerprint density at radius 3 is 2.73 bits per heavy atom. The first-order valence-electron chi connectivity index (χ1n) is 10.5. The molecule has 0 radical (unpaired) electrons. The van der Waals surface area contributed by atoms with Crippen LogP contribution < -0.4 is 5.32 Å². The fraction of sp³-hybridized carbons (Fsp3) is 0.571. The average Bonchev–Trinajstić information content (AvgIpc) is 3.22. The van der Waals surface area contributed by atoms with Crippen molar-refractivity contribution >= 4 is 22.4 Å². The van der Waals surface area contributed by atoms with E-state index in [4.69, 9.17) is 0 Å². The fourth-order valence-corrected chi connectivity index (χ4v) is 5.11. The van der Waals surface area contributed by atoms with Crippen molar-refractivity contribution in [3.05, 3.63) is 40.7 Å². The van der Waals surface area contributed by atoms with Crippen LogP contribution in [0.1, 0.15) is 48.0 Å². The first-order chi connectivity index (χ1) is 14.5. The van der Waals surface area contributed by atoms with Gasteiger partial charge in [-0.25, -0.2) is 13.8 Å². The number of thiazole rings is 1. The summed E-state index contributed by atoms with van der Waals surface area (Å²) in [4.78, 5) is 25.9. The molecule has 0 aromatic carbocycles. The number of nitrogens with one attached hydrogen (secondary N) is 1. The van der Waals surface area contributed by atoms with Gasteiger partial charge in [-0.2, -0.15) is 0 Å². The van der Waals surface area contributed by atoms with Crippen LogP contribution in [0.15, 0.2) is 18.5 Å². The highest BCUT2D eigenvalue weighted by molar-refractivity contribution is 7.17. The van der Waals surface area contributed by atoms with E-state index in [1.54, 1.807) is 6.20 Å². The highest BCUT2D eigenvalue weighted by Gasteiger charge is 2.30. The lowest BCUT2D eigenvalue weighted by atomic mass is 9.95. The molecule has 2 saturated heterocycles. The highest BCUT2D eigenvalue weighted by atomic mass is 32.1. The molecule has 0 bridgehead atoms. The first kappa shape index (κ1) is 21.1. The highest BCUT2D eigenvalue weighted by Crippen LogP contribution is 2.26. The Bertz CT molecular complexity index is 884. The fourth-order valence-electron chi connectivity index (χ4n) is 4.33. The molecule has 162 valence electrons. The summed E-state index contributed by atoms with van der Waals surface area (Å²) in [5, 5.41) is 3.47. The van der Waals surface area contributed by atoms with Crippen LogP contribution in [0.4, 0.5) is 13.9 Å². The Morgan fingerprint density at radius 2 is 2.00 bits per heavy atom.